The Labute approximate surface area is 130 Å². The second-order valence-electron chi connectivity index (χ2n) is 3.85. The molecule has 0 aliphatic rings. The van der Waals surface area contributed by atoms with Gasteiger partial charge in [-0.25, -0.2) is 12.7 Å². The molecule has 0 aromatic heterocycles. The van der Waals surface area contributed by atoms with E-state index in [9.17, 15) is 8.42 Å². The third-order valence-electron chi connectivity index (χ3n) is 2.51. The SMILES string of the molecule is CSCCN(C)S(=O)(=O)c1cc(Br)c(C)cc1Br. The highest BCUT2D eigenvalue weighted by molar-refractivity contribution is 9.11. The summed E-state index contributed by atoms with van der Waals surface area (Å²) in [6.45, 7) is 2.42. The summed E-state index contributed by atoms with van der Waals surface area (Å²) in [5.41, 5.74) is 0.993. The van der Waals surface area contributed by atoms with E-state index < -0.39 is 10.0 Å². The number of sulfonamides is 1. The molecule has 0 radical (unpaired) electrons. The molecule has 0 atom stereocenters. The van der Waals surface area contributed by atoms with Gasteiger partial charge in [-0.15, -0.1) is 0 Å². The third kappa shape index (κ3) is 3.72. The fourth-order valence-corrected chi connectivity index (χ4v) is 4.71. The van der Waals surface area contributed by atoms with E-state index in [0.29, 0.717) is 15.9 Å². The molecule has 7 heteroatoms. The summed E-state index contributed by atoms with van der Waals surface area (Å²) < 4.78 is 27.5. The maximum absolute atomic E-state index is 12.4. The largest absolute Gasteiger partial charge is 0.244 e. The molecule has 1 rings (SSSR count). The molecule has 3 nitrogen and oxygen atoms in total. The lowest BCUT2D eigenvalue weighted by Gasteiger charge is -2.18. The van der Waals surface area contributed by atoms with Crippen molar-refractivity contribution in [2.75, 3.05) is 25.6 Å². The summed E-state index contributed by atoms with van der Waals surface area (Å²) in [5, 5.41) is 0. The van der Waals surface area contributed by atoms with Gasteiger partial charge in [0.15, 0.2) is 0 Å². The molecule has 0 saturated heterocycles. The van der Waals surface area contributed by atoms with E-state index in [0.717, 1.165) is 15.8 Å². The van der Waals surface area contributed by atoms with Gasteiger partial charge >= 0.3 is 0 Å². The Hall–Kier alpha value is 0.440. The van der Waals surface area contributed by atoms with E-state index in [1.54, 1.807) is 30.9 Å². The maximum Gasteiger partial charge on any atom is 0.244 e. The molecule has 18 heavy (non-hydrogen) atoms. The molecule has 0 aliphatic carbocycles. The summed E-state index contributed by atoms with van der Waals surface area (Å²) in [6.07, 6.45) is 1.96. The van der Waals surface area contributed by atoms with Gasteiger partial charge in [-0.1, -0.05) is 15.9 Å². The van der Waals surface area contributed by atoms with Crippen molar-refractivity contribution < 1.29 is 8.42 Å². The molecular formula is C11H15Br2NO2S2. The van der Waals surface area contributed by atoms with Gasteiger partial charge in [0.1, 0.15) is 0 Å². The van der Waals surface area contributed by atoms with Gasteiger partial charge < -0.3 is 0 Å². The van der Waals surface area contributed by atoms with E-state index >= 15 is 0 Å². The van der Waals surface area contributed by atoms with E-state index in [1.165, 1.54) is 4.31 Å². The highest BCUT2D eigenvalue weighted by atomic mass is 79.9. The van der Waals surface area contributed by atoms with Crippen molar-refractivity contribution in [3.8, 4) is 0 Å². The number of aryl methyl sites for hydroxylation is 1. The standard InChI is InChI=1S/C11H15Br2NO2S2/c1-8-6-10(13)11(7-9(8)12)18(15,16)14(2)4-5-17-3/h6-7H,4-5H2,1-3H3. The molecule has 1 aromatic carbocycles. The number of thioether (sulfide) groups is 1. The molecule has 0 amide bonds. The fourth-order valence-electron chi connectivity index (χ4n) is 1.33. The van der Waals surface area contributed by atoms with E-state index in [2.05, 4.69) is 31.9 Å². The topological polar surface area (TPSA) is 37.4 Å². The lowest BCUT2D eigenvalue weighted by atomic mass is 10.2. The minimum absolute atomic E-state index is 0.295. The van der Waals surface area contributed by atoms with E-state index in [4.69, 9.17) is 0 Å². The second-order valence-corrected chi connectivity index (χ2v) is 8.56. The molecule has 0 bridgehead atoms. The highest BCUT2D eigenvalue weighted by Crippen LogP contribution is 2.30. The Morgan fingerprint density at radius 3 is 2.44 bits per heavy atom. The summed E-state index contributed by atoms with van der Waals surface area (Å²) in [7, 11) is -1.84. The fraction of sp³-hybridized carbons (Fsp3) is 0.455. The Morgan fingerprint density at radius 1 is 1.28 bits per heavy atom. The zero-order valence-electron chi connectivity index (χ0n) is 10.4. The number of hydrogen-bond acceptors (Lipinski definition) is 3. The quantitative estimate of drug-likeness (QED) is 0.736. The van der Waals surface area contributed by atoms with Gasteiger partial charge in [-0.3, -0.25) is 0 Å². The average Bonchev–Trinajstić information content (AvgIpc) is 2.30. The van der Waals surface area contributed by atoms with Crippen molar-refractivity contribution in [1.29, 1.82) is 0 Å². The molecular weight excluding hydrogens is 402 g/mol. The van der Waals surface area contributed by atoms with E-state index in [-0.39, 0.29) is 0 Å². The van der Waals surface area contributed by atoms with Gasteiger partial charge in [0.25, 0.3) is 0 Å². The lowest BCUT2D eigenvalue weighted by Crippen LogP contribution is -2.29. The molecule has 0 N–H and O–H groups in total. The van der Waals surface area contributed by atoms with Gasteiger partial charge in [0.05, 0.1) is 4.90 Å². The number of benzene rings is 1. The molecule has 0 spiro atoms. The van der Waals surface area contributed by atoms with Crippen LogP contribution in [-0.2, 0) is 10.0 Å². The van der Waals surface area contributed by atoms with Crippen molar-refractivity contribution in [3.05, 3.63) is 26.6 Å². The first-order chi connectivity index (χ1) is 8.30. The zero-order valence-corrected chi connectivity index (χ0v) is 15.2. The van der Waals surface area contributed by atoms with Gasteiger partial charge in [0.2, 0.25) is 10.0 Å². The first-order valence-corrected chi connectivity index (χ1v) is 9.63. The molecule has 0 aliphatic heterocycles. The molecule has 0 heterocycles. The van der Waals surface area contributed by atoms with Crippen LogP contribution in [0.4, 0.5) is 0 Å². The van der Waals surface area contributed by atoms with Crippen LogP contribution >= 0.6 is 43.6 Å². The number of rotatable bonds is 5. The summed E-state index contributed by atoms with van der Waals surface area (Å²) in [5.74, 6) is 0.778. The Balaban J connectivity index is 3.16. The van der Waals surface area contributed by atoms with Crippen molar-refractivity contribution >= 4 is 53.6 Å². The Morgan fingerprint density at radius 2 is 1.89 bits per heavy atom. The van der Waals surface area contributed by atoms with Crippen LogP contribution in [0.2, 0.25) is 0 Å². The van der Waals surface area contributed by atoms with Crippen LogP contribution in [-0.4, -0.2) is 38.3 Å². The molecule has 102 valence electrons. The third-order valence-corrected chi connectivity index (χ3v) is 6.77. The molecule has 0 fully saturated rings. The van der Waals surface area contributed by atoms with Crippen molar-refractivity contribution in [3.63, 3.8) is 0 Å². The first-order valence-electron chi connectivity index (χ1n) is 5.21. The summed E-state index contributed by atoms with van der Waals surface area (Å²) in [6, 6.07) is 3.45. The Kier molecular flexibility index (Phi) is 6.18. The number of hydrogen-bond donors (Lipinski definition) is 0. The van der Waals surface area contributed by atoms with Crippen molar-refractivity contribution in [2.24, 2.45) is 0 Å². The average molecular weight is 417 g/mol. The highest BCUT2D eigenvalue weighted by Gasteiger charge is 2.23. The van der Waals surface area contributed by atoms with Crippen LogP contribution in [0.1, 0.15) is 5.56 Å². The van der Waals surface area contributed by atoms with E-state index in [1.807, 2.05) is 13.2 Å². The normalized spacial score (nSPS) is 12.1. The zero-order chi connectivity index (χ0) is 13.9. The van der Waals surface area contributed by atoms with Crippen LogP contribution in [0.15, 0.2) is 26.0 Å². The number of halogens is 2. The minimum atomic E-state index is -3.44. The minimum Gasteiger partial charge on any atom is -0.207 e. The van der Waals surface area contributed by atoms with Gasteiger partial charge in [-0.05, 0) is 46.8 Å². The monoisotopic (exact) mass is 415 g/mol. The smallest absolute Gasteiger partial charge is 0.207 e. The lowest BCUT2D eigenvalue weighted by molar-refractivity contribution is 0.488. The predicted octanol–water partition coefficient (Wildman–Crippen LogP) is 3.50. The van der Waals surface area contributed by atoms with Gasteiger partial charge in [0, 0.05) is 28.3 Å². The predicted molar refractivity (Wildman–Crippen MR) is 84.8 cm³/mol. The maximum atomic E-state index is 12.4. The van der Waals surface area contributed by atoms with Crippen LogP contribution in [0.3, 0.4) is 0 Å². The van der Waals surface area contributed by atoms with Crippen molar-refractivity contribution in [1.82, 2.24) is 4.31 Å². The first kappa shape index (κ1) is 16.5. The second kappa shape index (κ2) is 6.74. The van der Waals surface area contributed by atoms with Crippen LogP contribution in [0.5, 0.6) is 0 Å². The molecule has 1 aromatic rings. The van der Waals surface area contributed by atoms with Crippen LogP contribution < -0.4 is 0 Å². The van der Waals surface area contributed by atoms with Crippen molar-refractivity contribution in [2.45, 2.75) is 11.8 Å². The van der Waals surface area contributed by atoms with Crippen LogP contribution in [0, 0.1) is 6.92 Å². The Bertz CT molecular complexity index is 532. The molecule has 0 saturated carbocycles. The number of nitrogens with zero attached hydrogens (tertiary/aromatic N) is 1. The molecule has 0 unspecified atom stereocenters. The van der Waals surface area contributed by atoms with Gasteiger partial charge in [-0.2, -0.15) is 11.8 Å². The summed E-state index contributed by atoms with van der Waals surface area (Å²) >= 11 is 8.31. The van der Waals surface area contributed by atoms with Crippen LogP contribution in [0.25, 0.3) is 0 Å². The summed E-state index contributed by atoms with van der Waals surface area (Å²) in [4.78, 5) is 0.295.